The zero-order valence-corrected chi connectivity index (χ0v) is 15.5. The minimum absolute atomic E-state index is 0.206. The number of carbonyl (C=O) groups excluding carboxylic acids is 3. The molecule has 2 aliphatic rings. The van der Waals surface area contributed by atoms with Crippen LogP contribution in [0.25, 0.3) is 0 Å². The molecule has 2 heterocycles. The summed E-state index contributed by atoms with van der Waals surface area (Å²) in [6, 6.07) is 1.91. The van der Waals surface area contributed by atoms with Crippen molar-refractivity contribution in [1.82, 2.24) is 10.2 Å². The Balaban J connectivity index is 0.000000730. The quantitative estimate of drug-likeness (QED) is 0.658. The molecule has 0 aromatic heterocycles. The lowest BCUT2D eigenvalue weighted by Gasteiger charge is -2.29. The van der Waals surface area contributed by atoms with Gasteiger partial charge in [-0.15, -0.1) is 0 Å². The van der Waals surface area contributed by atoms with Crippen LogP contribution in [0.2, 0.25) is 6.82 Å². The van der Waals surface area contributed by atoms with Gasteiger partial charge in [-0.25, -0.2) is 4.39 Å². The molecule has 1 N–H and O–H groups in total. The molecule has 2 aliphatic heterocycles. The number of hydrogen-bond acceptors (Lipinski definition) is 3. The summed E-state index contributed by atoms with van der Waals surface area (Å²) in [6.07, 6.45) is 0.510. The molecule has 1 aromatic rings. The van der Waals surface area contributed by atoms with Crippen molar-refractivity contribution < 1.29 is 18.8 Å². The molecule has 1 radical (unpaired) electrons. The molecule has 7 heteroatoms. The molecule has 0 aliphatic carbocycles. The fourth-order valence-corrected chi connectivity index (χ4v) is 2.91. The van der Waals surface area contributed by atoms with Crippen molar-refractivity contribution in [2.45, 2.75) is 59.9 Å². The summed E-state index contributed by atoms with van der Waals surface area (Å²) in [5.41, 5.74) is 1.69. The maximum atomic E-state index is 13.6. The Kier molecular flexibility index (Phi) is 7.80. The molecule has 5 nitrogen and oxygen atoms in total. The van der Waals surface area contributed by atoms with Crippen LogP contribution in [-0.2, 0) is 16.1 Å². The number of rotatable bonds is 2. The Morgan fingerprint density at radius 2 is 1.80 bits per heavy atom. The van der Waals surface area contributed by atoms with Gasteiger partial charge in [0.05, 0.1) is 0 Å². The number of imide groups is 1. The molecule has 25 heavy (non-hydrogen) atoms. The summed E-state index contributed by atoms with van der Waals surface area (Å²) in [4.78, 5) is 36.9. The molecule has 1 atom stereocenters. The third-order valence-electron chi connectivity index (χ3n) is 3.97. The van der Waals surface area contributed by atoms with Crippen LogP contribution in [0.1, 0.15) is 56.5 Å². The SMILES string of the molecule is CC.CC.C[B]c1cc(F)cc2c1CN(C1CCC(=O)NC1=O)C2=O. The Bertz CT molecular complexity index is 664. The fourth-order valence-electron chi connectivity index (χ4n) is 2.91. The lowest BCUT2D eigenvalue weighted by molar-refractivity contribution is -0.136. The second kappa shape index (κ2) is 9.35. The van der Waals surface area contributed by atoms with Crippen LogP contribution in [0.15, 0.2) is 12.1 Å². The average molecular weight is 347 g/mol. The van der Waals surface area contributed by atoms with E-state index < -0.39 is 17.8 Å². The van der Waals surface area contributed by atoms with Gasteiger partial charge in [0, 0.05) is 18.5 Å². The summed E-state index contributed by atoms with van der Waals surface area (Å²) in [5, 5.41) is 2.24. The number of carbonyl (C=O) groups is 3. The van der Waals surface area contributed by atoms with E-state index in [4.69, 9.17) is 0 Å². The minimum atomic E-state index is -0.671. The molecule has 1 unspecified atom stereocenters. The summed E-state index contributed by atoms with van der Waals surface area (Å²) < 4.78 is 13.6. The van der Waals surface area contributed by atoms with Gasteiger partial charge < -0.3 is 4.90 Å². The highest BCUT2D eigenvalue weighted by atomic mass is 19.1. The summed E-state index contributed by atoms with van der Waals surface area (Å²) in [5.74, 6) is -1.62. The molecule has 0 saturated carbocycles. The van der Waals surface area contributed by atoms with Crippen LogP contribution >= 0.6 is 0 Å². The number of amides is 3. The van der Waals surface area contributed by atoms with E-state index in [1.54, 1.807) is 14.1 Å². The summed E-state index contributed by atoms with van der Waals surface area (Å²) in [7, 11) is 1.74. The van der Waals surface area contributed by atoms with E-state index in [0.717, 1.165) is 5.56 Å². The highest BCUT2D eigenvalue weighted by molar-refractivity contribution is 6.53. The standard InChI is InChI=1S/C14H13BFN2O3.2C2H6/c1-15-10-5-7(16)4-8-9(10)6-18(14(8)21)11-2-3-12(19)17-13(11)20;2*1-2/h4-5,11H,2-3,6H2,1H3,(H,17,19,20);2*1-2H3. The largest absolute Gasteiger partial charge is 0.322 e. The lowest BCUT2D eigenvalue weighted by Crippen LogP contribution is -2.52. The van der Waals surface area contributed by atoms with Gasteiger partial charge in [0.2, 0.25) is 11.8 Å². The van der Waals surface area contributed by atoms with E-state index in [1.165, 1.54) is 17.0 Å². The maximum absolute atomic E-state index is 13.6. The Morgan fingerprint density at radius 3 is 2.36 bits per heavy atom. The summed E-state index contributed by atoms with van der Waals surface area (Å²) >= 11 is 0. The first-order valence-electron chi connectivity index (χ1n) is 8.77. The van der Waals surface area contributed by atoms with Crippen molar-refractivity contribution in [3.63, 3.8) is 0 Å². The second-order valence-electron chi connectivity index (χ2n) is 5.21. The number of nitrogens with one attached hydrogen (secondary N) is 1. The Morgan fingerprint density at radius 1 is 1.16 bits per heavy atom. The third kappa shape index (κ3) is 4.27. The van der Waals surface area contributed by atoms with Crippen molar-refractivity contribution in [1.29, 1.82) is 0 Å². The van der Waals surface area contributed by atoms with Crippen LogP contribution in [0.5, 0.6) is 0 Å². The van der Waals surface area contributed by atoms with Crippen LogP contribution < -0.4 is 10.8 Å². The van der Waals surface area contributed by atoms with E-state index in [-0.39, 0.29) is 24.8 Å². The predicted molar refractivity (Wildman–Crippen MR) is 96.4 cm³/mol. The first-order chi connectivity index (χ1) is 12.0. The van der Waals surface area contributed by atoms with Crippen molar-refractivity contribution in [2.75, 3.05) is 0 Å². The molecular formula is C18H25BFN2O3. The van der Waals surface area contributed by atoms with E-state index in [2.05, 4.69) is 5.32 Å². The highest BCUT2D eigenvalue weighted by Crippen LogP contribution is 2.26. The number of fused-ring (bicyclic) bond motifs is 1. The van der Waals surface area contributed by atoms with E-state index in [1.807, 2.05) is 27.7 Å². The van der Waals surface area contributed by atoms with E-state index >= 15 is 0 Å². The summed E-state index contributed by atoms with van der Waals surface area (Å²) in [6.45, 7) is 10.0. The lowest BCUT2D eigenvalue weighted by atomic mass is 9.70. The van der Waals surface area contributed by atoms with Crippen molar-refractivity contribution >= 4 is 30.5 Å². The van der Waals surface area contributed by atoms with Gasteiger partial charge in [0.15, 0.2) is 0 Å². The molecule has 1 fully saturated rings. The van der Waals surface area contributed by atoms with Gasteiger partial charge in [0.25, 0.3) is 5.91 Å². The normalized spacial score (nSPS) is 18.4. The van der Waals surface area contributed by atoms with Crippen molar-refractivity contribution in [3.05, 3.63) is 29.1 Å². The fraction of sp³-hybridized carbons (Fsp3) is 0.500. The molecule has 3 rings (SSSR count). The zero-order chi connectivity index (χ0) is 19.1. The number of benzene rings is 1. The Labute approximate surface area is 149 Å². The maximum Gasteiger partial charge on any atom is 0.255 e. The molecule has 3 amide bonds. The second-order valence-corrected chi connectivity index (χ2v) is 5.21. The molecule has 0 spiro atoms. The van der Waals surface area contributed by atoms with Gasteiger partial charge in [-0.05, 0) is 24.1 Å². The zero-order valence-electron chi connectivity index (χ0n) is 15.5. The van der Waals surface area contributed by atoms with Crippen LogP contribution in [-0.4, -0.2) is 35.9 Å². The number of hydrogen-bond donors (Lipinski definition) is 1. The van der Waals surface area contributed by atoms with Gasteiger partial charge in [-0.3, -0.25) is 19.7 Å². The highest BCUT2D eigenvalue weighted by Gasteiger charge is 2.39. The van der Waals surface area contributed by atoms with Gasteiger partial charge in [-0.2, -0.15) is 0 Å². The van der Waals surface area contributed by atoms with Gasteiger partial charge >= 0.3 is 0 Å². The molecule has 1 saturated heterocycles. The van der Waals surface area contributed by atoms with Crippen LogP contribution in [0.3, 0.4) is 0 Å². The number of nitrogens with zero attached hydrogens (tertiary/aromatic N) is 1. The first kappa shape index (κ1) is 20.9. The monoisotopic (exact) mass is 347 g/mol. The number of halogens is 1. The number of piperidine rings is 1. The van der Waals surface area contributed by atoms with Crippen molar-refractivity contribution in [2.24, 2.45) is 0 Å². The van der Waals surface area contributed by atoms with Gasteiger partial charge in [0.1, 0.15) is 19.1 Å². The predicted octanol–water partition coefficient (Wildman–Crippen LogP) is 2.02. The minimum Gasteiger partial charge on any atom is -0.322 e. The topological polar surface area (TPSA) is 66.5 Å². The van der Waals surface area contributed by atoms with E-state index in [9.17, 15) is 18.8 Å². The molecule has 0 bridgehead atoms. The van der Waals surface area contributed by atoms with Crippen molar-refractivity contribution in [3.8, 4) is 0 Å². The smallest absolute Gasteiger partial charge is 0.255 e. The molecular weight excluding hydrogens is 322 g/mol. The van der Waals surface area contributed by atoms with Crippen LogP contribution in [0.4, 0.5) is 4.39 Å². The first-order valence-corrected chi connectivity index (χ1v) is 8.77. The molecule has 135 valence electrons. The third-order valence-corrected chi connectivity index (χ3v) is 3.97. The van der Waals surface area contributed by atoms with Gasteiger partial charge in [-0.1, -0.05) is 40.0 Å². The molecule has 1 aromatic carbocycles. The Hall–Kier alpha value is -2.18. The van der Waals surface area contributed by atoms with Crippen LogP contribution in [0, 0.1) is 5.82 Å². The average Bonchev–Trinajstić information content (AvgIpc) is 2.94. The van der Waals surface area contributed by atoms with E-state index in [0.29, 0.717) is 17.4 Å².